The first-order valence-corrected chi connectivity index (χ1v) is 45.1. The van der Waals surface area contributed by atoms with E-state index in [-0.39, 0.29) is 0 Å². The first kappa shape index (κ1) is 117. The van der Waals surface area contributed by atoms with Crippen LogP contribution in [0, 0.1) is 0 Å². The maximum Gasteiger partial charge on any atom is 0.364 e. The molecule has 36 N–H and O–H groups in total. The highest BCUT2D eigenvalue weighted by molar-refractivity contribution is 5.77. The largest absolute Gasteiger partial charge is 0.477 e. The minimum Gasteiger partial charge on any atom is -0.477 e. The molecule has 63 heteroatoms. The summed E-state index contributed by atoms with van der Waals surface area (Å²) in [5.74, 6) is -10.5. The number of carboxylic acid groups (broad SMARTS) is 1. The van der Waals surface area contributed by atoms with Gasteiger partial charge in [0.25, 0.3) is 5.79 Å². The molecule has 56 atom stereocenters. The lowest BCUT2D eigenvalue weighted by Crippen LogP contribution is -2.71. The maximum atomic E-state index is 13.5. The van der Waals surface area contributed by atoms with Crippen molar-refractivity contribution in [3.8, 4) is 0 Å². The van der Waals surface area contributed by atoms with Gasteiger partial charge in [0, 0.05) is 41.0 Å². The Morgan fingerprint density at radius 3 is 1.12 bits per heavy atom. The number of ether oxygens (including phenoxy) is 21. The summed E-state index contributed by atoms with van der Waals surface area (Å²) in [5, 5.41) is 362. The zero-order chi connectivity index (χ0) is 105. The van der Waals surface area contributed by atoms with E-state index in [0.717, 1.165) is 34.6 Å². The third-order valence-corrected chi connectivity index (χ3v) is 25.9. The van der Waals surface area contributed by atoms with Gasteiger partial charge >= 0.3 is 5.97 Å². The summed E-state index contributed by atoms with van der Waals surface area (Å²) in [6.45, 7) is -6.31. The molecule has 5 amide bonds. The summed E-state index contributed by atoms with van der Waals surface area (Å²) < 4.78 is 126. The minimum atomic E-state index is -3.37. The van der Waals surface area contributed by atoms with Crippen molar-refractivity contribution < 1.29 is 287 Å². The van der Waals surface area contributed by atoms with Crippen LogP contribution in [-0.4, -0.2) is 603 Å². The predicted octanol–water partition coefficient (Wildman–Crippen LogP) is -24.0. The fraction of sp³-hybridized carbons (Fsp3) is 0.924. The number of nitrogens with one attached hydrogen (secondary N) is 5. The van der Waals surface area contributed by atoms with Crippen molar-refractivity contribution in [2.75, 3.05) is 66.1 Å². The van der Waals surface area contributed by atoms with Gasteiger partial charge in [0.2, 0.25) is 29.5 Å². The average molecular weight is 2080 g/mol. The second-order valence-corrected chi connectivity index (χ2v) is 36.0. The van der Waals surface area contributed by atoms with Crippen LogP contribution in [0.1, 0.15) is 48.0 Å². The molecule has 11 aliphatic heterocycles. The van der Waals surface area contributed by atoms with E-state index < -0.39 is 451 Å². The Morgan fingerprint density at radius 1 is 0.303 bits per heavy atom. The third kappa shape index (κ3) is 25.8. The summed E-state index contributed by atoms with van der Waals surface area (Å²) in [6.07, 6.45) is -112. The van der Waals surface area contributed by atoms with E-state index >= 15 is 0 Å². The quantitative estimate of drug-likeness (QED) is 0.0273. The van der Waals surface area contributed by atoms with Crippen LogP contribution in [-0.2, 0) is 128 Å². The highest BCUT2D eigenvalue weighted by Crippen LogP contribution is 2.44. The van der Waals surface area contributed by atoms with Gasteiger partial charge in [-0.05, 0) is 6.92 Å². The highest BCUT2D eigenvalue weighted by Gasteiger charge is 2.65. The zero-order valence-electron chi connectivity index (χ0n) is 76.4. The van der Waals surface area contributed by atoms with Gasteiger partial charge < -0.3 is 284 Å². The number of aliphatic hydroxyl groups is 30. The highest BCUT2D eigenvalue weighted by atomic mass is 16.8. The van der Waals surface area contributed by atoms with Crippen LogP contribution in [0.2, 0.25) is 0 Å². The number of aliphatic carboxylic acids is 1. The standard InChI is InChI=1S/C79H131N5O58/c1-18-40(100)51(111)55(115)72(124-18)122-17-34-60(49(109)36(68(119)125-34)81-20(3)94)134-69-37(82-21(4)95)50(110)59(32(15-92)132-69)135-74-57(117)64(138-77-67(54(114)44(104)28(11-88)131-77)140-71-38(83-22(5)96)61(45(105)29(12-89)127-71)136-73-56(116)52(112)42(102)26(9-86)128-73)48(108)33(133-74)16-123-76-66(53(113)43(103)27(10-87)130-76)139-70-39(84-23(6)97)62(46(106)30(13-90)126-70)137-75-58(118)65(47(107)31(14-91)129-75)142-79(78(120)121)7-24(98)35(80-19(2)93)63(141-79)41(101)25(99)8-85/h18,24-77,85-92,98-119H,7-17H2,1-6H3,(H,80,93)(H,81,94)(H,82,95)(H,83,96)(H,84,97)(H,120,121)/t18-,24-,25+,26+,27+,28+,29+,30+,31+,32+,33+,34+,35+,36+,37+,38+,39+,40+,41+,42-,43+,44+,45+,46+,47-,48+,49+,50+,51+,52-,53-,54-,55-,56+,57-,58+,59+,60+,61+,62+,63+,64-,65-,66-,67-,68?,69-,70-,71-,72+,73-,74-,75-,76-,77+,79-/m0/s1. The molecule has 0 spiro atoms. The summed E-state index contributed by atoms with van der Waals surface area (Å²) in [7, 11) is 0. The number of hydrogen-bond donors (Lipinski definition) is 36. The average Bonchev–Trinajstić information content (AvgIpc) is 0.754. The Hall–Kier alpha value is -5.22. The number of aliphatic hydroxyl groups excluding tert-OH is 30. The third-order valence-electron chi connectivity index (χ3n) is 25.9. The van der Waals surface area contributed by atoms with E-state index in [1.807, 2.05) is 0 Å². The van der Waals surface area contributed by atoms with Crippen LogP contribution < -0.4 is 26.6 Å². The molecule has 820 valence electrons. The number of carbonyl (C=O) groups is 6. The fourth-order valence-corrected chi connectivity index (χ4v) is 18.4. The number of hydrogen-bond acceptors (Lipinski definition) is 57. The molecule has 11 saturated heterocycles. The lowest BCUT2D eigenvalue weighted by Gasteiger charge is -2.51. The van der Waals surface area contributed by atoms with Crippen molar-refractivity contribution in [1.82, 2.24) is 26.6 Å². The molecule has 0 saturated carbocycles. The number of carboxylic acids is 1. The lowest BCUT2D eigenvalue weighted by atomic mass is 9.88. The molecule has 0 aromatic heterocycles. The summed E-state index contributed by atoms with van der Waals surface area (Å²) >= 11 is 0. The maximum absolute atomic E-state index is 13.5. The zero-order valence-corrected chi connectivity index (χ0v) is 76.4. The Labute approximate surface area is 803 Å². The molecule has 0 aromatic carbocycles. The van der Waals surface area contributed by atoms with Crippen molar-refractivity contribution >= 4 is 35.5 Å². The molecule has 11 fully saturated rings. The van der Waals surface area contributed by atoms with E-state index in [4.69, 9.17) is 99.5 Å². The Kier molecular flexibility index (Phi) is 41.7. The van der Waals surface area contributed by atoms with Crippen molar-refractivity contribution in [3.63, 3.8) is 0 Å². The van der Waals surface area contributed by atoms with E-state index in [2.05, 4.69) is 26.6 Å². The van der Waals surface area contributed by atoms with Crippen molar-refractivity contribution in [3.05, 3.63) is 0 Å². The van der Waals surface area contributed by atoms with Gasteiger partial charge in [-0.2, -0.15) is 0 Å². The van der Waals surface area contributed by atoms with E-state index in [1.165, 1.54) is 6.92 Å². The van der Waals surface area contributed by atoms with Gasteiger partial charge in [-0.15, -0.1) is 0 Å². The van der Waals surface area contributed by atoms with Crippen LogP contribution in [0.25, 0.3) is 0 Å². The molecule has 11 aliphatic rings. The molecular formula is C79H131N5O58. The molecule has 0 aromatic rings. The minimum absolute atomic E-state index is 0.843. The van der Waals surface area contributed by atoms with Gasteiger partial charge in [0.05, 0.1) is 84.3 Å². The van der Waals surface area contributed by atoms with Crippen molar-refractivity contribution in [2.24, 2.45) is 0 Å². The molecule has 0 radical (unpaired) electrons. The predicted molar refractivity (Wildman–Crippen MR) is 436 cm³/mol. The van der Waals surface area contributed by atoms with Gasteiger partial charge in [-0.1, -0.05) is 0 Å². The van der Waals surface area contributed by atoms with Crippen LogP contribution in [0.15, 0.2) is 0 Å². The van der Waals surface area contributed by atoms with E-state index in [9.17, 15) is 187 Å². The Morgan fingerprint density at radius 2 is 0.634 bits per heavy atom. The van der Waals surface area contributed by atoms with Gasteiger partial charge in [-0.3, -0.25) is 24.0 Å². The lowest BCUT2D eigenvalue weighted by molar-refractivity contribution is -0.399. The first-order chi connectivity index (χ1) is 67.0. The Balaban J connectivity index is 0.939. The second-order valence-electron chi connectivity index (χ2n) is 36.0. The SMILES string of the molecule is CC(=O)N[C@H]1[C@H](O[C@H]2[C@H](O)[C@@H](NC(C)=O)C(O)O[C@@H]2CO[C@@H]2O[C@@H](C)[C@@H](O)[C@@H](O)[C@@H]2O)O[C@H](CO)[C@@H](O[C@@H]2O[C@H](CO[C@H]3O[C@H](CO)[C@@H](O)[C@H](O)[C@@H]3O[C@@H]3O[C@H](CO)[C@@H](O)[C@H](O[C@@H]4O[C@H](CO)[C@H](O)[C@H](O[C@]5(C(=O)O)C[C@H](O)[C@@H](NC(C)=O)[C@H]([C@H](O)[C@H](O)CO)O5)[C@H]4O)[C@H]3NC(C)=O)[C@@H](O)[C@H](O[C@H]3O[C@H](CO)[C@@H](O)[C@H](O)[C@@H]3O[C@@H]3O[C@H](CO)[C@@H](O)[C@H](O[C@@H]4O[C@H](CO)[C@H](O)[C@H](O)[C@H]4O)[C@H]3NC(C)=O)[C@@H]2O)[C@@H]1O. The number of amides is 5. The van der Waals surface area contributed by atoms with Gasteiger partial charge in [-0.25, -0.2) is 4.79 Å². The normalized spacial score (nSPS) is 48.0. The molecule has 63 nitrogen and oxygen atoms in total. The Bertz CT molecular complexity index is 4010. The molecule has 1 unspecified atom stereocenters. The van der Waals surface area contributed by atoms with E-state index in [0.29, 0.717) is 0 Å². The molecular weight excluding hydrogens is 1950 g/mol. The monoisotopic (exact) mass is 2080 g/mol. The van der Waals surface area contributed by atoms with Gasteiger partial charge in [0.15, 0.2) is 62.9 Å². The van der Waals surface area contributed by atoms with Crippen molar-refractivity contribution in [1.29, 1.82) is 0 Å². The molecule has 11 heterocycles. The fourth-order valence-electron chi connectivity index (χ4n) is 18.4. The molecule has 142 heavy (non-hydrogen) atoms. The summed E-state index contributed by atoms with van der Waals surface area (Å²) in [5.41, 5.74) is 0. The molecule has 11 rings (SSSR count). The van der Waals surface area contributed by atoms with Crippen LogP contribution in [0.4, 0.5) is 0 Å². The summed E-state index contributed by atoms with van der Waals surface area (Å²) in [6, 6.07) is -9.88. The first-order valence-electron chi connectivity index (χ1n) is 45.1. The van der Waals surface area contributed by atoms with Crippen LogP contribution >= 0.6 is 0 Å². The second kappa shape index (κ2) is 50.6. The van der Waals surface area contributed by atoms with Crippen molar-refractivity contribution in [2.45, 2.75) is 391 Å². The van der Waals surface area contributed by atoms with Crippen LogP contribution in [0.3, 0.4) is 0 Å². The number of carbonyl (C=O) groups excluding carboxylic acids is 5. The topological polar surface area (TPSA) is 984 Å². The van der Waals surface area contributed by atoms with E-state index in [1.54, 1.807) is 0 Å². The molecule has 0 bridgehead atoms. The van der Waals surface area contributed by atoms with Gasteiger partial charge in [0.1, 0.15) is 256 Å². The smallest absolute Gasteiger partial charge is 0.364 e. The summed E-state index contributed by atoms with van der Waals surface area (Å²) in [4.78, 5) is 78.4. The number of rotatable bonds is 38. The van der Waals surface area contributed by atoms with Crippen LogP contribution in [0.5, 0.6) is 0 Å². The molecule has 0 aliphatic carbocycles.